The average Bonchev–Trinajstić information content (AvgIpc) is 2.87. The summed E-state index contributed by atoms with van der Waals surface area (Å²) in [5.74, 6) is -1.03. The number of ether oxygens (including phenoxy) is 1. The lowest BCUT2D eigenvalue weighted by atomic mass is 10.1. The number of carbonyl (C=O) groups excluding carboxylic acids is 3. The fourth-order valence-electron chi connectivity index (χ4n) is 2.94. The molecule has 2 aromatic rings. The first kappa shape index (κ1) is 17.8. The van der Waals surface area contributed by atoms with Crippen molar-refractivity contribution in [1.82, 2.24) is 10.2 Å². The van der Waals surface area contributed by atoms with Gasteiger partial charge in [0, 0.05) is 18.7 Å². The van der Waals surface area contributed by atoms with E-state index in [9.17, 15) is 14.4 Å². The molecule has 1 N–H and O–H groups in total. The van der Waals surface area contributed by atoms with Crippen LogP contribution in [0.4, 0.5) is 0 Å². The van der Waals surface area contributed by atoms with Crippen LogP contribution in [0.1, 0.15) is 43.6 Å². The highest BCUT2D eigenvalue weighted by Crippen LogP contribution is 2.25. The van der Waals surface area contributed by atoms with Gasteiger partial charge in [-0.1, -0.05) is 30.3 Å². The SMILES string of the molecule is COCC(C)NC(=O)c1ccc2c(c1)C(=O)N(Cc1ccccc1)C2=O. The van der Waals surface area contributed by atoms with E-state index in [4.69, 9.17) is 4.74 Å². The van der Waals surface area contributed by atoms with E-state index in [1.54, 1.807) is 13.2 Å². The summed E-state index contributed by atoms with van der Waals surface area (Å²) in [6.07, 6.45) is 0. The van der Waals surface area contributed by atoms with E-state index in [0.29, 0.717) is 17.7 Å². The Morgan fingerprint density at radius 1 is 1.08 bits per heavy atom. The maximum Gasteiger partial charge on any atom is 0.261 e. The maximum atomic E-state index is 12.7. The molecular weight excluding hydrogens is 332 g/mol. The van der Waals surface area contributed by atoms with Crippen LogP contribution in [0.15, 0.2) is 48.5 Å². The molecule has 3 rings (SSSR count). The van der Waals surface area contributed by atoms with Crippen LogP contribution in [0.3, 0.4) is 0 Å². The Balaban J connectivity index is 1.80. The molecule has 134 valence electrons. The van der Waals surface area contributed by atoms with Crippen molar-refractivity contribution in [2.75, 3.05) is 13.7 Å². The number of nitrogens with one attached hydrogen (secondary N) is 1. The second-order valence-corrected chi connectivity index (χ2v) is 6.27. The predicted molar refractivity (Wildman–Crippen MR) is 95.9 cm³/mol. The Labute approximate surface area is 151 Å². The lowest BCUT2D eigenvalue weighted by Gasteiger charge is -2.13. The molecule has 3 amide bonds. The van der Waals surface area contributed by atoms with Crippen molar-refractivity contribution in [2.45, 2.75) is 19.5 Å². The zero-order valence-corrected chi connectivity index (χ0v) is 14.7. The zero-order valence-electron chi connectivity index (χ0n) is 14.7. The fraction of sp³-hybridized carbons (Fsp3) is 0.250. The summed E-state index contributed by atoms with van der Waals surface area (Å²) in [5, 5.41) is 2.79. The van der Waals surface area contributed by atoms with E-state index in [1.807, 2.05) is 37.3 Å². The van der Waals surface area contributed by atoms with Crippen molar-refractivity contribution >= 4 is 17.7 Å². The molecule has 6 nitrogen and oxygen atoms in total. The summed E-state index contributed by atoms with van der Waals surface area (Å²) in [4.78, 5) is 38.7. The molecule has 1 aliphatic rings. The number of benzene rings is 2. The van der Waals surface area contributed by atoms with Crippen LogP contribution in [0.25, 0.3) is 0 Å². The molecule has 1 heterocycles. The number of methoxy groups -OCH3 is 1. The van der Waals surface area contributed by atoms with E-state index >= 15 is 0 Å². The summed E-state index contributed by atoms with van der Waals surface area (Å²) < 4.78 is 5.00. The van der Waals surface area contributed by atoms with Crippen molar-refractivity contribution in [2.24, 2.45) is 0 Å². The van der Waals surface area contributed by atoms with Crippen LogP contribution in [0, 0.1) is 0 Å². The van der Waals surface area contributed by atoms with Gasteiger partial charge in [-0.05, 0) is 30.7 Å². The minimum Gasteiger partial charge on any atom is -0.383 e. The highest BCUT2D eigenvalue weighted by molar-refractivity contribution is 6.22. The summed E-state index contributed by atoms with van der Waals surface area (Å²) in [6, 6.07) is 13.7. The van der Waals surface area contributed by atoms with Crippen LogP contribution in [0.2, 0.25) is 0 Å². The maximum absolute atomic E-state index is 12.7. The van der Waals surface area contributed by atoms with E-state index in [-0.39, 0.29) is 35.9 Å². The second-order valence-electron chi connectivity index (χ2n) is 6.27. The van der Waals surface area contributed by atoms with E-state index < -0.39 is 0 Å². The predicted octanol–water partition coefficient (Wildman–Crippen LogP) is 2.25. The minimum atomic E-state index is -0.381. The van der Waals surface area contributed by atoms with E-state index in [0.717, 1.165) is 5.56 Å². The molecule has 1 aliphatic heterocycles. The topological polar surface area (TPSA) is 75.7 Å². The number of imide groups is 1. The lowest BCUT2D eigenvalue weighted by Crippen LogP contribution is -2.35. The summed E-state index contributed by atoms with van der Waals surface area (Å²) in [6.45, 7) is 2.42. The zero-order chi connectivity index (χ0) is 18.7. The first-order valence-corrected chi connectivity index (χ1v) is 8.35. The quantitative estimate of drug-likeness (QED) is 0.809. The molecule has 0 aromatic heterocycles. The summed E-state index contributed by atoms with van der Waals surface area (Å²) in [7, 11) is 1.56. The van der Waals surface area contributed by atoms with Crippen molar-refractivity contribution in [1.29, 1.82) is 0 Å². The smallest absolute Gasteiger partial charge is 0.261 e. The highest BCUT2D eigenvalue weighted by Gasteiger charge is 2.36. The van der Waals surface area contributed by atoms with Crippen molar-refractivity contribution in [3.05, 3.63) is 70.8 Å². The number of carbonyl (C=O) groups is 3. The highest BCUT2D eigenvalue weighted by atomic mass is 16.5. The van der Waals surface area contributed by atoms with Crippen molar-refractivity contribution in [3.63, 3.8) is 0 Å². The van der Waals surface area contributed by atoms with E-state index in [1.165, 1.54) is 17.0 Å². The van der Waals surface area contributed by atoms with Crippen LogP contribution < -0.4 is 5.32 Å². The number of hydrogen-bond donors (Lipinski definition) is 1. The van der Waals surface area contributed by atoms with Crippen LogP contribution in [-0.2, 0) is 11.3 Å². The van der Waals surface area contributed by atoms with Gasteiger partial charge in [-0.25, -0.2) is 0 Å². The average molecular weight is 352 g/mol. The van der Waals surface area contributed by atoms with Crippen LogP contribution >= 0.6 is 0 Å². The lowest BCUT2D eigenvalue weighted by molar-refractivity contribution is 0.0642. The third kappa shape index (κ3) is 3.50. The van der Waals surface area contributed by atoms with Gasteiger partial charge in [-0.3, -0.25) is 19.3 Å². The summed E-state index contributed by atoms with van der Waals surface area (Å²) in [5.41, 5.74) is 1.80. The van der Waals surface area contributed by atoms with Crippen LogP contribution in [-0.4, -0.2) is 42.4 Å². The Kier molecular flexibility index (Phi) is 5.14. The Morgan fingerprint density at radius 2 is 1.77 bits per heavy atom. The molecule has 0 saturated carbocycles. The normalized spacial score (nSPS) is 14.3. The largest absolute Gasteiger partial charge is 0.383 e. The third-order valence-electron chi connectivity index (χ3n) is 4.21. The van der Waals surface area contributed by atoms with E-state index in [2.05, 4.69) is 5.32 Å². The van der Waals surface area contributed by atoms with Gasteiger partial charge in [0.05, 0.1) is 24.3 Å². The minimum absolute atomic E-state index is 0.160. The molecule has 0 bridgehead atoms. The van der Waals surface area contributed by atoms with Gasteiger partial charge < -0.3 is 10.1 Å². The van der Waals surface area contributed by atoms with Gasteiger partial charge in [0.1, 0.15) is 0 Å². The van der Waals surface area contributed by atoms with Gasteiger partial charge in [0.25, 0.3) is 17.7 Å². The third-order valence-corrected chi connectivity index (χ3v) is 4.21. The Bertz CT molecular complexity index is 848. The molecule has 1 atom stereocenters. The number of fused-ring (bicyclic) bond motifs is 1. The molecular formula is C20H20N2O4. The first-order valence-electron chi connectivity index (χ1n) is 8.35. The van der Waals surface area contributed by atoms with Gasteiger partial charge in [0.15, 0.2) is 0 Å². The van der Waals surface area contributed by atoms with Gasteiger partial charge in [0.2, 0.25) is 0 Å². The molecule has 0 spiro atoms. The number of rotatable bonds is 6. The molecule has 0 fully saturated rings. The number of hydrogen-bond acceptors (Lipinski definition) is 4. The molecule has 0 radical (unpaired) electrons. The van der Waals surface area contributed by atoms with Gasteiger partial charge in [-0.2, -0.15) is 0 Å². The Hall–Kier alpha value is -2.99. The standard InChI is InChI=1S/C20H20N2O4/c1-13(12-26-2)21-18(23)15-8-9-16-17(10-15)20(25)22(19(16)24)11-14-6-4-3-5-7-14/h3-10,13H,11-12H2,1-2H3,(H,21,23). The molecule has 1 unspecified atom stereocenters. The number of amides is 3. The Morgan fingerprint density at radius 3 is 2.46 bits per heavy atom. The first-order chi connectivity index (χ1) is 12.5. The van der Waals surface area contributed by atoms with Gasteiger partial charge in [-0.15, -0.1) is 0 Å². The summed E-state index contributed by atoms with van der Waals surface area (Å²) >= 11 is 0. The monoisotopic (exact) mass is 352 g/mol. The molecule has 6 heteroatoms. The van der Waals surface area contributed by atoms with Crippen molar-refractivity contribution < 1.29 is 19.1 Å². The molecule has 0 aliphatic carbocycles. The fourth-order valence-corrected chi connectivity index (χ4v) is 2.94. The van der Waals surface area contributed by atoms with Crippen molar-refractivity contribution in [3.8, 4) is 0 Å². The molecule has 0 saturated heterocycles. The molecule has 26 heavy (non-hydrogen) atoms. The number of nitrogens with zero attached hydrogens (tertiary/aromatic N) is 1. The molecule has 2 aromatic carbocycles. The van der Waals surface area contributed by atoms with Crippen LogP contribution in [0.5, 0.6) is 0 Å². The van der Waals surface area contributed by atoms with Gasteiger partial charge >= 0.3 is 0 Å². The second kappa shape index (κ2) is 7.49.